The van der Waals surface area contributed by atoms with Crippen LogP contribution in [0.4, 0.5) is 0 Å². The summed E-state index contributed by atoms with van der Waals surface area (Å²) in [5, 5.41) is 10.7. The SMILES string of the molecule is Cc1csc(-c2nnc(C(N)c3ccccc3)o2)c1Cl. The number of hydrogen-bond donors (Lipinski definition) is 1. The van der Waals surface area contributed by atoms with E-state index in [2.05, 4.69) is 10.2 Å². The van der Waals surface area contributed by atoms with Crippen LogP contribution in [-0.2, 0) is 0 Å². The zero-order valence-corrected chi connectivity index (χ0v) is 12.3. The van der Waals surface area contributed by atoms with Gasteiger partial charge in [0.15, 0.2) is 0 Å². The monoisotopic (exact) mass is 305 g/mol. The predicted octanol–water partition coefficient (Wildman–Crippen LogP) is 3.81. The van der Waals surface area contributed by atoms with Crippen LogP contribution in [0.5, 0.6) is 0 Å². The van der Waals surface area contributed by atoms with Crippen molar-refractivity contribution in [1.82, 2.24) is 10.2 Å². The summed E-state index contributed by atoms with van der Waals surface area (Å²) >= 11 is 7.68. The number of aromatic nitrogens is 2. The van der Waals surface area contributed by atoms with E-state index in [1.54, 1.807) is 0 Å². The Balaban J connectivity index is 1.93. The number of nitrogens with two attached hydrogens (primary N) is 1. The minimum Gasteiger partial charge on any atom is -0.418 e. The maximum absolute atomic E-state index is 6.20. The number of aryl methyl sites for hydroxylation is 1. The first-order valence-corrected chi connectivity index (χ1v) is 7.30. The van der Waals surface area contributed by atoms with E-state index >= 15 is 0 Å². The highest BCUT2D eigenvalue weighted by Gasteiger charge is 2.19. The molecule has 1 aromatic carbocycles. The summed E-state index contributed by atoms with van der Waals surface area (Å²) in [6, 6.07) is 9.20. The summed E-state index contributed by atoms with van der Waals surface area (Å²) in [7, 11) is 0. The van der Waals surface area contributed by atoms with Gasteiger partial charge in [-0.05, 0) is 23.4 Å². The van der Waals surface area contributed by atoms with Crippen LogP contribution in [-0.4, -0.2) is 10.2 Å². The second kappa shape index (κ2) is 5.36. The molecule has 0 aliphatic rings. The van der Waals surface area contributed by atoms with Gasteiger partial charge < -0.3 is 10.2 Å². The minimum absolute atomic E-state index is 0.383. The number of nitrogens with zero attached hydrogens (tertiary/aromatic N) is 2. The highest BCUT2D eigenvalue weighted by atomic mass is 35.5. The standard InChI is InChI=1S/C14H12ClN3OS/c1-8-7-20-12(10(8)15)14-18-17-13(19-14)11(16)9-5-3-2-4-6-9/h2-7,11H,16H2,1H3. The topological polar surface area (TPSA) is 64.9 Å². The van der Waals surface area contributed by atoms with Crippen LogP contribution in [0.25, 0.3) is 10.8 Å². The Morgan fingerprint density at radius 1 is 1.25 bits per heavy atom. The molecule has 0 saturated carbocycles. The first-order chi connectivity index (χ1) is 9.66. The van der Waals surface area contributed by atoms with Gasteiger partial charge in [-0.2, -0.15) is 0 Å². The molecule has 0 bridgehead atoms. The van der Waals surface area contributed by atoms with Crippen molar-refractivity contribution in [3.05, 3.63) is 57.8 Å². The van der Waals surface area contributed by atoms with Crippen LogP contribution in [0.2, 0.25) is 5.02 Å². The highest BCUT2D eigenvalue weighted by molar-refractivity contribution is 7.14. The van der Waals surface area contributed by atoms with Crippen molar-refractivity contribution in [2.45, 2.75) is 13.0 Å². The highest BCUT2D eigenvalue weighted by Crippen LogP contribution is 2.36. The maximum atomic E-state index is 6.20. The fraction of sp³-hybridized carbons (Fsp3) is 0.143. The molecule has 0 amide bonds. The molecule has 3 aromatic rings. The van der Waals surface area contributed by atoms with Gasteiger partial charge >= 0.3 is 0 Å². The van der Waals surface area contributed by atoms with Crippen molar-refractivity contribution in [1.29, 1.82) is 0 Å². The van der Waals surface area contributed by atoms with Crippen LogP contribution in [0.3, 0.4) is 0 Å². The van der Waals surface area contributed by atoms with E-state index in [-0.39, 0.29) is 0 Å². The molecule has 102 valence electrons. The molecule has 3 rings (SSSR count). The Bertz CT molecular complexity index is 723. The summed E-state index contributed by atoms with van der Waals surface area (Å²) in [6.07, 6.45) is 0. The second-order valence-corrected chi connectivity index (χ2v) is 5.65. The van der Waals surface area contributed by atoms with Gasteiger partial charge in [-0.25, -0.2) is 0 Å². The molecule has 2 N–H and O–H groups in total. The lowest BCUT2D eigenvalue weighted by molar-refractivity contribution is 0.485. The number of thiophene rings is 1. The van der Waals surface area contributed by atoms with Crippen molar-refractivity contribution in [2.24, 2.45) is 5.73 Å². The molecule has 0 spiro atoms. The summed E-state index contributed by atoms with van der Waals surface area (Å²) in [6.45, 7) is 1.94. The summed E-state index contributed by atoms with van der Waals surface area (Å²) < 4.78 is 5.66. The summed E-state index contributed by atoms with van der Waals surface area (Å²) in [4.78, 5) is 0.781. The normalized spacial score (nSPS) is 12.6. The van der Waals surface area contributed by atoms with Crippen LogP contribution >= 0.6 is 22.9 Å². The maximum Gasteiger partial charge on any atom is 0.259 e. The van der Waals surface area contributed by atoms with E-state index in [0.29, 0.717) is 16.8 Å². The molecule has 6 heteroatoms. The van der Waals surface area contributed by atoms with Crippen molar-refractivity contribution in [3.8, 4) is 10.8 Å². The Morgan fingerprint density at radius 2 is 2.00 bits per heavy atom. The lowest BCUT2D eigenvalue weighted by Crippen LogP contribution is -2.11. The fourth-order valence-electron chi connectivity index (χ4n) is 1.83. The van der Waals surface area contributed by atoms with Crippen molar-refractivity contribution in [2.75, 3.05) is 0 Å². The van der Waals surface area contributed by atoms with Gasteiger partial charge in [0.1, 0.15) is 10.9 Å². The van der Waals surface area contributed by atoms with Gasteiger partial charge in [-0.3, -0.25) is 0 Å². The largest absolute Gasteiger partial charge is 0.418 e. The third-order valence-corrected chi connectivity index (χ3v) is 4.64. The van der Waals surface area contributed by atoms with E-state index in [0.717, 1.165) is 16.0 Å². The third-order valence-electron chi connectivity index (χ3n) is 2.96. The first-order valence-electron chi connectivity index (χ1n) is 6.04. The average molecular weight is 306 g/mol. The number of halogens is 1. The third kappa shape index (κ3) is 2.35. The van der Waals surface area contributed by atoms with Crippen molar-refractivity contribution in [3.63, 3.8) is 0 Å². The summed E-state index contributed by atoms with van der Waals surface area (Å²) in [5.74, 6) is 0.794. The minimum atomic E-state index is -0.433. The predicted molar refractivity (Wildman–Crippen MR) is 79.8 cm³/mol. The van der Waals surface area contributed by atoms with Gasteiger partial charge in [0.05, 0.1) is 5.02 Å². The quantitative estimate of drug-likeness (QED) is 0.799. The molecule has 0 aliphatic carbocycles. The number of rotatable bonds is 3. The second-order valence-electron chi connectivity index (χ2n) is 4.40. The lowest BCUT2D eigenvalue weighted by atomic mass is 10.1. The number of benzene rings is 1. The molecule has 2 heterocycles. The lowest BCUT2D eigenvalue weighted by Gasteiger charge is -2.06. The first kappa shape index (κ1) is 13.3. The molecule has 0 radical (unpaired) electrons. The van der Waals surface area contributed by atoms with Crippen LogP contribution in [0.1, 0.15) is 23.1 Å². The zero-order valence-electron chi connectivity index (χ0n) is 10.7. The van der Waals surface area contributed by atoms with Crippen LogP contribution < -0.4 is 5.73 Å². The van der Waals surface area contributed by atoms with Gasteiger partial charge in [-0.15, -0.1) is 21.5 Å². The molecular weight excluding hydrogens is 294 g/mol. The molecule has 0 fully saturated rings. The zero-order chi connectivity index (χ0) is 14.1. The van der Waals surface area contributed by atoms with Crippen molar-refractivity contribution < 1.29 is 4.42 Å². The molecule has 4 nitrogen and oxygen atoms in total. The van der Waals surface area contributed by atoms with E-state index in [1.165, 1.54) is 11.3 Å². The molecule has 20 heavy (non-hydrogen) atoms. The average Bonchev–Trinajstić information content (AvgIpc) is 3.08. The molecule has 0 saturated heterocycles. The molecule has 1 unspecified atom stereocenters. The Hall–Kier alpha value is -1.69. The van der Waals surface area contributed by atoms with Gasteiger partial charge in [0, 0.05) is 0 Å². The molecule has 0 aliphatic heterocycles. The number of hydrogen-bond acceptors (Lipinski definition) is 5. The Morgan fingerprint density at radius 3 is 2.65 bits per heavy atom. The fourth-order valence-corrected chi connectivity index (χ4v) is 3.02. The van der Waals surface area contributed by atoms with Gasteiger partial charge in [-0.1, -0.05) is 41.9 Å². The van der Waals surface area contributed by atoms with Gasteiger partial charge in [0.2, 0.25) is 5.89 Å². The molecule has 2 aromatic heterocycles. The van der Waals surface area contributed by atoms with Crippen LogP contribution in [0, 0.1) is 6.92 Å². The smallest absolute Gasteiger partial charge is 0.259 e. The Kier molecular flexibility index (Phi) is 3.56. The summed E-state index contributed by atoms with van der Waals surface area (Å²) in [5.41, 5.74) is 8.05. The Labute approximate surface area is 125 Å². The van der Waals surface area contributed by atoms with E-state index in [9.17, 15) is 0 Å². The van der Waals surface area contributed by atoms with Crippen molar-refractivity contribution >= 4 is 22.9 Å². The van der Waals surface area contributed by atoms with E-state index < -0.39 is 6.04 Å². The van der Waals surface area contributed by atoms with E-state index in [4.69, 9.17) is 21.8 Å². The molecule has 1 atom stereocenters. The van der Waals surface area contributed by atoms with Gasteiger partial charge in [0.25, 0.3) is 5.89 Å². The molecular formula is C14H12ClN3OS. The van der Waals surface area contributed by atoms with E-state index in [1.807, 2.05) is 42.6 Å². The van der Waals surface area contributed by atoms with Crippen LogP contribution in [0.15, 0.2) is 40.1 Å².